The molecule has 12 rings (SSSR count). The fraction of sp³-hybridized carbons (Fsp3) is 0.0526. The molecule has 0 fully saturated rings. The third kappa shape index (κ3) is 5.06. The highest BCUT2D eigenvalue weighted by Gasteiger charge is 2.38. The molecule has 2 nitrogen and oxygen atoms in total. The van der Waals surface area contributed by atoms with Crippen molar-refractivity contribution < 1.29 is 0 Å². The van der Waals surface area contributed by atoms with Crippen LogP contribution in [0.25, 0.3) is 110 Å². The van der Waals surface area contributed by atoms with Crippen LogP contribution in [-0.4, -0.2) is 9.97 Å². The molecule has 0 saturated carbocycles. The van der Waals surface area contributed by atoms with Gasteiger partial charge in [-0.15, -0.1) is 0 Å². The molecule has 276 valence electrons. The van der Waals surface area contributed by atoms with Crippen LogP contribution in [0.5, 0.6) is 0 Å². The summed E-state index contributed by atoms with van der Waals surface area (Å²) in [5.41, 5.74) is 12.7. The van der Waals surface area contributed by atoms with Crippen LogP contribution in [0.3, 0.4) is 0 Å². The van der Waals surface area contributed by atoms with Crippen LogP contribution in [0, 0.1) is 0 Å². The first-order valence-electron chi connectivity index (χ1n) is 20.5. The van der Waals surface area contributed by atoms with Crippen LogP contribution in [0.15, 0.2) is 194 Å². The van der Waals surface area contributed by atoms with Crippen LogP contribution < -0.4 is 0 Å². The lowest BCUT2D eigenvalue weighted by Crippen LogP contribution is -2.14. The van der Waals surface area contributed by atoms with E-state index in [4.69, 9.17) is 9.97 Å². The van der Waals surface area contributed by atoms with Crippen molar-refractivity contribution in [3.8, 4) is 56.2 Å². The second-order valence-corrected chi connectivity index (χ2v) is 16.4. The maximum Gasteiger partial charge on any atom is 0.161 e. The zero-order valence-electron chi connectivity index (χ0n) is 32.9. The molecule has 0 spiro atoms. The molecule has 0 atom stereocenters. The van der Waals surface area contributed by atoms with Gasteiger partial charge in [-0.1, -0.05) is 190 Å². The average Bonchev–Trinajstić information content (AvgIpc) is 3.55. The zero-order chi connectivity index (χ0) is 39.2. The minimum Gasteiger partial charge on any atom is -0.228 e. The van der Waals surface area contributed by atoms with Gasteiger partial charge in [0.15, 0.2) is 5.82 Å². The average molecular weight is 751 g/mol. The summed E-state index contributed by atoms with van der Waals surface area (Å²) in [5, 5.41) is 12.4. The standard InChI is InChI=1S/C57H38N2/c1-57(2)50-26-14-25-47(55(50)54-38-18-7-6-15-35(38)28-32-51(54)57)45-30-31-48(43-23-12-10-22-42(43)45)56-58-52(36-16-4-3-5-17-36)34-53(59-56)37-27-29-46-41-21-9-8-19-39(41)40-20-11-13-24-44(40)49(46)33-37/h3-34H,1-2H3. The van der Waals surface area contributed by atoms with Gasteiger partial charge in [0.25, 0.3) is 0 Å². The summed E-state index contributed by atoms with van der Waals surface area (Å²) >= 11 is 0. The van der Waals surface area contributed by atoms with E-state index in [0.717, 1.165) is 33.5 Å². The molecule has 1 heterocycles. The van der Waals surface area contributed by atoms with Gasteiger partial charge < -0.3 is 0 Å². The highest BCUT2D eigenvalue weighted by molar-refractivity contribution is 6.25. The monoisotopic (exact) mass is 750 g/mol. The Bertz CT molecular complexity index is 3490. The first kappa shape index (κ1) is 33.7. The molecule has 0 N–H and O–H groups in total. The molecule has 1 aliphatic rings. The van der Waals surface area contributed by atoms with Crippen LogP contribution in [0.1, 0.15) is 25.0 Å². The third-order valence-corrected chi connectivity index (χ3v) is 12.9. The predicted molar refractivity (Wildman–Crippen MR) is 249 cm³/mol. The summed E-state index contributed by atoms with van der Waals surface area (Å²) < 4.78 is 0. The quantitative estimate of drug-likeness (QED) is 0.167. The molecule has 1 aliphatic carbocycles. The smallest absolute Gasteiger partial charge is 0.161 e. The van der Waals surface area contributed by atoms with E-state index in [1.807, 2.05) is 0 Å². The molecule has 0 bridgehead atoms. The van der Waals surface area contributed by atoms with E-state index in [0.29, 0.717) is 5.82 Å². The Morgan fingerprint density at radius 2 is 0.864 bits per heavy atom. The molecule has 0 amide bonds. The fourth-order valence-electron chi connectivity index (χ4n) is 10.0. The first-order chi connectivity index (χ1) is 29.0. The lowest BCUT2D eigenvalue weighted by molar-refractivity contribution is 0.661. The van der Waals surface area contributed by atoms with E-state index in [1.54, 1.807) is 0 Å². The van der Waals surface area contributed by atoms with Gasteiger partial charge in [-0.3, -0.25) is 0 Å². The second kappa shape index (κ2) is 12.8. The van der Waals surface area contributed by atoms with Gasteiger partial charge in [-0.2, -0.15) is 0 Å². The number of fused-ring (bicyclic) bond motifs is 12. The Morgan fingerprint density at radius 3 is 1.58 bits per heavy atom. The molecule has 0 aliphatic heterocycles. The number of hydrogen-bond donors (Lipinski definition) is 0. The lowest BCUT2D eigenvalue weighted by Gasteiger charge is -2.22. The number of rotatable bonds is 4. The minimum atomic E-state index is -0.120. The molecule has 2 heteroatoms. The van der Waals surface area contributed by atoms with Gasteiger partial charge in [-0.25, -0.2) is 9.97 Å². The van der Waals surface area contributed by atoms with Crippen molar-refractivity contribution in [3.63, 3.8) is 0 Å². The zero-order valence-corrected chi connectivity index (χ0v) is 32.9. The molecule has 0 saturated heterocycles. The largest absolute Gasteiger partial charge is 0.228 e. The number of benzene rings is 10. The molecule has 59 heavy (non-hydrogen) atoms. The lowest BCUT2D eigenvalue weighted by atomic mass is 9.81. The van der Waals surface area contributed by atoms with Crippen LogP contribution in [0.4, 0.5) is 0 Å². The van der Waals surface area contributed by atoms with E-state index in [-0.39, 0.29) is 5.41 Å². The van der Waals surface area contributed by atoms with Crippen molar-refractivity contribution in [2.45, 2.75) is 19.3 Å². The highest BCUT2D eigenvalue weighted by Crippen LogP contribution is 2.55. The van der Waals surface area contributed by atoms with E-state index >= 15 is 0 Å². The summed E-state index contributed by atoms with van der Waals surface area (Å²) in [4.78, 5) is 10.8. The van der Waals surface area contributed by atoms with Gasteiger partial charge in [-0.05, 0) is 105 Å². The van der Waals surface area contributed by atoms with E-state index in [2.05, 4.69) is 208 Å². The second-order valence-electron chi connectivity index (χ2n) is 16.4. The van der Waals surface area contributed by atoms with Crippen molar-refractivity contribution in [1.29, 1.82) is 0 Å². The molecule has 0 radical (unpaired) electrons. The van der Waals surface area contributed by atoms with Crippen molar-refractivity contribution in [2.24, 2.45) is 0 Å². The minimum absolute atomic E-state index is 0.120. The van der Waals surface area contributed by atoms with Gasteiger partial charge in [0, 0.05) is 22.1 Å². The van der Waals surface area contributed by atoms with Crippen molar-refractivity contribution in [3.05, 3.63) is 205 Å². The molecule has 10 aromatic carbocycles. The summed E-state index contributed by atoms with van der Waals surface area (Å²) in [7, 11) is 0. The summed E-state index contributed by atoms with van der Waals surface area (Å²) in [6.45, 7) is 4.73. The number of hydrogen-bond acceptors (Lipinski definition) is 2. The Balaban J connectivity index is 1.08. The summed E-state index contributed by atoms with van der Waals surface area (Å²) in [6, 6.07) is 70.6. The van der Waals surface area contributed by atoms with Crippen LogP contribution in [0.2, 0.25) is 0 Å². The van der Waals surface area contributed by atoms with Crippen molar-refractivity contribution >= 4 is 53.9 Å². The van der Waals surface area contributed by atoms with Gasteiger partial charge in [0.2, 0.25) is 0 Å². The van der Waals surface area contributed by atoms with E-state index in [1.165, 1.54) is 81.9 Å². The Kier molecular flexibility index (Phi) is 7.31. The molecular formula is C57H38N2. The predicted octanol–water partition coefficient (Wildman–Crippen LogP) is 15.2. The fourth-order valence-corrected chi connectivity index (χ4v) is 10.0. The van der Waals surface area contributed by atoms with Crippen molar-refractivity contribution in [2.75, 3.05) is 0 Å². The van der Waals surface area contributed by atoms with Gasteiger partial charge in [0.1, 0.15) is 0 Å². The van der Waals surface area contributed by atoms with Gasteiger partial charge in [0.05, 0.1) is 11.4 Å². The van der Waals surface area contributed by atoms with Crippen LogP contribution >= 0.6 is 0 Å². The highest BCUT2D eigenvalue weighted by atomic mass is 14.9. The van der Waals surface area contributed by atoms with E-state index < -0.39 is 0 Å². The number of nitrogens with zero attached hydrogens (tertiary/aromatic N) is 2. The SMILES string of the molecule is CC1(C)c2cccc(-c3ccc(-c4nc(-c5ccccc5)cc(-c5ccc6c7ccccc7c7ccccc7c6c5)n4)c4ccccc34)c2-c2c1ccc1ccccc21. The maximum absolute atomic E-state index is 5.43. The Labute approximate surface area is 343 Å². The molecule has 0 unspecified atom stereocenters. The Hall–Kier alpha value is -7.42. The Morgan fingerprint density at radius 1 is 0.322 bits per heavy atom. The van der Waals surface area contributed by atoms with Crippen LogP contribution in [-0.2, 0) is 5.41 Å². The first-order valence-corrected chi connectivity index (χ1v) is 20.5. The van der Waals surface area contributed by atoms with Crippen molar-refractivity contribution in [1.82, 2.24) is 9.97 Å². The van der Waals surface area contributed by atoms with Gasteiger partial charge >= 0.3 is 0 Å². The third-order valence-electron chi connectivity index (χ3n) is 12.9. The summed E-state index contributed by atoms with van der Waals surface area (Å²) in [5.74, 6) is 0.711. The number of aromatic nitrogens is 2. The normalized spacial score (nSPS) is 13.1. The summed E-state index contributed by atoms with van der Waals surface area (Å²) in [6.07, 6.45) is 0. The maximum atomic E-state index is 5.43. The van der Waals surface area contributed by atoms with E-state index in [9.17, 15) is 0 Å². The molecule has 11 aromatic rings. The molecular weight excluding hydrogens is 713 g/mol. The molecule has 1 aromatic heterocycles. The topological polar surface area (TPSA) is 25.8 Å².